The normalized spacial score (nSPS) is 10.7. The molecule has 0 fully saturated rings. The van der Waals surface area contributed by atoms with Crippen LogP contribution in [0.1, 0.15) is 23.5 Å². The largest absolute Gasteiger partial charge is 0.375 e. The second-order valence-corrected chi connectivity index (χ2v) is 5.60. The minimum absolute atomic E-state index is 0.0244. The molecule has 7 heteroatoms. The van der Waals surface area contributed by atoms with E-state index in [1.807, 2.05) is 30.0 Å². The van der Waals surface area contributed by atoms with Crippen molar-refractivity contribution in [2.75, 3.05) is 12.3 Å². The molecule has 20 heavy (non-hydrogen) atoms. The minimum atomic E-state index is -0.0244. The molecule has 0 spiro atoms. The van der Waals surface area contributed by atoms with Gasteiger partial charge in [0.25, 0.3) is 0 Å². The van der Waals surface area contributed by atoms with Gasteiger partial charge in [-0.05, 0) is 26.3 Å². The Morgan fingerprint density at radius 3 is 2.90 bits per heavy atom. The summed E-state index contributed by atoms with van der Waals surface area (Å²) in [5.41, 5.74) is 8.41. The number of amides is 1. The Bertz CT molecular complexity index is 589. The van der Waals surface area contributed by atoms with Crippen LogP contribution in [0.2, 0.25) is 0 Å². The summed E-state index contributed by atoms with van der Waals surface area (Å²) in [6.07, 6.45) is 1.14. The lowest BCUT2D eigenvalue weighted by Gasteiger charge is -2.06. The number of hydrogen-bond acceptors (Lipinski definition) is 5. The molecule has 6 nitrogen and oxygen atoms in total. The van der Waals surface area contributed by atoms with Crippen LogP contribution in [0.4, 0.5) is 5.13 Å². The molecule has 0 unspecified atom stereocenters. The van der Waals surface area contributed by atoms with Crippen LogP contribution in [0.3, 0.4) is 0 Å². The monoisotopic (exact) mass is 293 g/mol. The molecule has 2 aromatic rings. The molecular formula is C13H19N5OS. The number of hydrogen-bond donors (Lipinski definition) is 2. The molecule has 2 heterocycles. The summed E-state index contributed by atoms with van der Waals surface area (Å²) in [5.74, 6) is -0.0244. The first-order chi connectivity index (χ1) is 9.54. The Kier molecular flexibility index (Phi) is 4.73. The zero-order chi connectivity index (χ0) is 14.5. The second-order valence-electron chi connectivity index (χ2n) is 4.71. The third-order valence-corrected chi connectivity index (χ3v) is 3.61. The highest BCUT2D eigenvalue weighted by atomic mass is 32.1. The Morgan fingerprint density at radius 1 is 1.50 bits per heavy atom. The molecule has 0 aliphatic heterocycles. The van der Waals surface area contributed by atoms with Crippen molar-refractivity contribution in [3.63, 3.8) is 0 Å². The molecule has 2 rings (SSSR count). The molecule has 3 N–H and O–H groups in total. The average molecular weight is 293 g/mol. The lowest BCUT2D eigenvalue weighted by Crippen LogP contribution is -2.27. The number of nitrogens with one attached hydrogen (secondary N) is 1. The number of carbonyl (C=O) groups is 1. The van der Waals surface area contributed by atoms with Crippen LogP contribution in [0.25, 0.3) is 0 Å². The number of carbonyl (C=O) groups excluding carboxylic acids is 1. The van der Waals surface area contributed by atoms with Crippen LogP contribution in [0.5, 0.6) is 0 Å². The molecule has 2 aromatic heterocycles. The van der Waals surface area contributed by atoms with Gasteiger partial charge >= 0.3 is 0 Å². The van der Waals surface area contributed by atoms with Crippen molar-refractivity contribution in [1.29, 1.82) is 0 Å². The van der Waals surface area contributed by atoms with Crippen molar-refractivity contribution in [3.8, 4) is 0 Å². The molecule has 0 aromatic carbocycles. The van der Waals surface area contributed by atoms with Crippen LogP contribution >= 0.6 is 11.3 Å². The number of nitrogen functional groups attached to an aromatic ring is 1. The van der Waals surface area contributed by atoms with Crippen molar-refractivity contribution in [2.24, 2.45) is 0 Å². The maximum Gasteiger partial charge on any atom is 0.226 e. The Balaban J connectivity index is 1.68. The van der Waals surface area contributed by atoms with Gasteiger partial charge < -0.3 is 11.1 Å². The molecule has 0 radical (unpaired) electrons. The topological polar surface area (TPSA) is 85.8 Å². The Morgan fingerprint density at radius 2 is 2.30 bits per heavy atom. The fourth-order valence-corrected chi connectivity index (χ4v) is 2.55. The minimum Gasteiger partial charge on any atom is -0.375 e. The van der Waals surface area contributed by atoms with Crippen molar-refractivity contribution in [1.82, 2.24) is 20.1 Å². The molecule has 108 valence electrons. The molecule has 0 saturated heterocycles. The third-order valence-electron chi connectivity index (χ3n) is 2.88. The Hall–Kier alpha value is -1.89. The van der Waals surface area contributed by atoms with E-state index in [-0.39, 0.29) is 12.3 Å². The number of nitrogens with zero attached hydrogens (tertiary/aromatic N) is 3. The number of aromatic nitrogens is 3. The van der Waals surface area contributed by atoms with Crippen molar-refractivity contribution >= 4 is 22.4 Å². The quantitative estimate of drug-likeness (QED) is 0.786. The van der Waals surface area contributed by atoms with Crippen LogP contribution in [-0.2, 0) is 17.8 Å². The van der Waals surface area contributed by atoms with Crippen molar-refractivity contribution in [3.05, 3.63) is 28.5 Å². The van der Waals surface area contributed by atoms with Crippen LogP contribution < -0.4 is 11.1 Å². The molecule has 0 aliphatic rings. The summed E-state index contributed by atoms with van der Waals surface area (Å²) in [6.45, 7) is 5.45. The van der Waals surface area contributed by atoms with E-state index in [2.05, 4.69) is 15.4 Å². The Labute approximate surface area is 122 Å². The lowest BCUT2D eigenvalue weighted by atomic mass is 10.3. The maximum atomic E-state index is 11.7. The summed E-state index contributed by atoms with van der Waals surface area (Å²) in [5, 5.41) is 9.57. The number of anilines is 1. The predicted octanol–water partition coefficient (Wildman–Crippen LogP) is 1.29. The standard InChI is InChI=1S/C13H19N5OS/c1-9-6-10(2)18(17-9)5-3-4-15-12(19)7-11-8-20-13(14)16-11/h6,8H,3-5,7H2,1-2H3,(H2,14,16)(H,15,19). The van der Waals surface area contributed by atoms with Gasteiger partial charge in [-0.25, -0.2) is 4.98 Å². The highest BCUT2D eigenvalue weighted by molar-refractivity contribution is 7.13. The summed E-state index contributed by atoms with van der Waals surface area (Å²) in [6, 6.07) is 2.05. The summed E-state index contributed by atoms with van der Waals surface area (Å²) in [7, 11) is 0. The predicted molar refractivity (Wildman–Crippen MR) is 79.6 cm³/mol. The fourth-order valence-electron chi connectivity index (χ4n) is 1.99. The van der Waals surface area contributed by atoms with Gasteiger partial charge in [0, 0.05) is 24.2 Å². The van der Waals surface area contributed by atoms with E-state index in [1.54, 1.807) is 0 Å². The van der Waals surface area contributed by atoms with E-state index in [0.29, 0.717) is 11.7 Å². The summed E-state index contributed by atoms with van der Waals surface area (Å²) < 4.78 is 1.96. The zero-order valence-corrected chi connectivity index (χ0v) is 12.5. The van der Waals surface area contributed by atoms with Crippen LogP contribution in [-0.4, -0.2) is 27.2 Å². The number of nitrogens with two attached hydrogens (primary N) is 1. The number of aryl methyl sites for hydroxylation is 3. The second kappa shape index (κ2) is 6.51. The third kappa shape index (κ3) is 4.06. The van der Waals surface area contributed by atoms with Gasteiger partial charge in [0.15, 0.2) is 5.13 Å². The van der Waals surface area contributed by atoms with E-state index in [1.165, 1.54) is 11.3 Å². The molecular weight excluding hydrogens is 274 g/mol. The first-order valence-electron chi connectivity index (χ1n) is 6.52. The first kappa shape index (κ1) is 14.5. The van der Waals surface area contributed by atoms with Gasteiger partial charge in [-0.15, -0.1) is 11.3 Å². The molecule has 0 bridgehead atoms. The van der Waals surface area contributed by atoms with Gasteiger partial charge in [-0.1, -0.05) is 0 Å². The smallest absolute Gasteiger partial charge is 0.226 e. The summed E-state index contributed by atoms with van der Waals surface area (Å²) >= 11 is 1.35. The van der Waals surface area contributed by atoms with E-state index in [9.17, 15) is 4.79 Å². The van der Waals surface area contributed by atoms with E-state index < -0.39 is 0 Å². The van der Waals surface area contributed by atoms with E-state index in [0.717, 1.165) is 30.0 Å². The van der Waals surface area contributed by atoms with Crippen LogP contribution in [0.15, 0.2) is 11.4 Å². The maximum absolute atomic E-state index is 11.7. The zero-order valence-electron chi connectivity index (χ0n) is 11.7. The van der Waals surface area contributed by atoms with E-state index >= 15 is 0 Å². The van der Waals surface area contributed by atoms with Gasteiger partial charge in [0.1, 0.15) is 0 Å². The highest BCUT2D eigenvalue weighted by Gasteiger charge is 2.06. The van der Waals surface area contributed by atoms with Gasteiger partial charge in [-0.3, -0.25) is 9.48 Å². The van der Waals surface area contributed by atoms with Gasteiger partial charge in [0.2, 0.25) is 5.91 Å². The molecule has 0 atom stereocenters. The highest BCUT2D eigenvalue weighted by Crippen LogP contribution is 2.11. The first-order valence-corrected chi connectivity index (χ1v) is 7.40. The average Bonchev–Trinajstić information content (AvgIpc) is 2.91. The van der Waals surface area contributed by atoms with E-state index in [4.69, 9.17) is 5.73 Å². The van der Waals surface area contributed by atoms with Crippen molar-refractivity contribution < 1.29 is 4.79 Å². The SMILES string of the molecule is Cc1cc(C)n(CCCNC(=O)Cc2csc(N)n2)n1. The van der Waals surface area contributed by atoms with Gasteiger partial charge in [0.05, 0.1) is 17.8 Å². The molecule has 0 saturated carbocycles. The fraction of sp³-hybridized carbons (Fsp3) is 0.462. The summed E-state index contributed by atoms with van der Waals surface area (Å²) in [4.78, 5) is 15.8. The molecule has 0 aliphatic carbocycles. The van der Waals surface area contributed by atoms with Gasteiger partial charge in [-0.2, -0.15) is 5.10 Å². The van der Waals surface area contributed by atoms with Crippen LogP contribution in [0, 0.1) is 13.8 Å². The number of rotatable bonds is 6. The molecule has 1 amide bonds. The van der Waals surface area contributed by atoms with Crippen molar-refractivity contribution in [2.45, 2.75) is 33.2 Å². The number of thiazole rings is 1. The lowest BCUT2D eigenvalue weighted by molar-refractivity contribution is -0.120.